The Kier molecular flexibility index (Phi) is 6.72. The minimum Gasteiger partial charge on any atom is -0.481 e. The van der Waals surface area contributed by atoms with Crippen LogP contribution in [0, 0.1) is 0 Å². The smallest absolute Gasteiger partial charge is 0.336 e. The van der Waals surface area contributed by atoms with E-state index >= 15 is 0 Å². The molecule has 132 valence electrons. The number of aliphatic carboxylic acids is 1. The van der Waals surface area contributed by atoms with Crippen LogP contribution in [0.3, 0.4) is 0 Å². The number of hydrogen-bond donors (Lipinski definition) is 2. The van der Waals surface area contributed by atoms with E-state index in [0.717, 1.165) is 11.8 Å². The second kappa shape index (κ2) is 8.77. The summed E-state index contributed by atoms with van der Waals surface area (Å²) in [6, 6.07) is 6.46. The van der Waals surface area contributed by atoms with Crippen molar-refractivity contribution in [2.75, 3.05) is 6.54 Å². The second-order valence-electron chi connectivity index (χ2n) is 5.43. The molecule has 25 heavy (non-hydrogen) atoms. The van der Waals surface area contributed by atoms with E-state index in [2.05, 4.69) is 0 Å². The SMILES string of the molecule is O=C(O)CCCCCN1C(=O)/C(=C\c2ccccc2C(=O)O)SC1=S. The van der Waals surface area contributed by atoms with Crippen molar-refractivity contribution in [3.8, 4) is 0 Å². The Hall–Kier alpha value is -2.19. The number of nitrogens with zero attached hydrogens (tertiary/aromatic N) is 1. The van der Waals surface area contributed by atoms with Gasteiger partial charge in [-0.1, -0.05) is 48.6 Å². The molecule has 1 fully saturated rings. The van der Waals surface area contributed by atoms with Crippen molar-refractivity contribution in [2.24, 2.45) is 0 Å². The molecule has 1 heterocycles. The van der Waals surface area contributed by atoms with Crippen LogP contribution in [0.4, 0.5) is 0 Å². The highest BCUT2D eigenvalue weighted by atomic mass is 32.2. The molecule has 1 saturated heterocycles. The van der Waals surface area contributed by atoms with Crippen LogP contribution in [0.15, 0.2) is 29.2 Å². The van der Waals surface area contributed by atoms with Gasteiger partial charge >= 0.3 is 11.9 Å². The number of carbonyl (C=O) groups excluding carboxylic acids is 1. The lowest BCUT2D eigenvalue weighted by Crippen LogP contribution is -2.29. The highest BCUT2D eigenvalue weighted by Gasteiger charge is 2.31. The summed E-state index contributed by atoms with van der Waals surface area (Å²) in [5.74, 6) is -2.13. The van der Waals surface area contributed by atoms with Crippen LogP contribution in [0.5, 0.6) is 0 Å². The van der Waals surface area contributed by atoms with Gasteiger partial charge in [0, 0.05) is 13.0 Å². The Morgan fingerprint density at radius 1 is 1.16 bits per heavy atom. The Balaban J connectivity index is 2.03. The molecular formula is C17H17NO5S2. The number of rotatable bonds is 8. The highest BCUT2D eigenvalue weighted by Crippen LogP contribution is 2.33. The minimum absolute atomic E-state index is 0.115. The van der Waals surface area contributed by atoms with Crippen molar-refractivity contribution in [1.82, 2.24) is 4.90 Å². The first-order valence-electron chi connectivity index (χ1n) is 7.69. The van der Waals surface area contributed by atoms with Crippen LogP contribution >= 0.6 is 24.0 Å². The maximum absolute atomic E-state index is 12.5. The Labute approximate surface area is 154 Å². The topological polar surface area (TPSA) is 94.9 Å². The van der Waals surface area contributed by atoms with Crippen molar-refractivity contribution in [1.29, 1.82) is 0 Å². The molecule has 0 unspecified atom stereocenters. The lowest BCUT2D eigenvalue weighted by atomic mass is 10.1. The third kappa shape index (κ3) is 5.14. The van der Waals surface area contributed by atoms with Gasteiger partial charge in [0.2, 0.25) is 0 Å². The summed E-state index contributed by atoms with van der Waals surface area (Å²) < 4.78 is 0.433. The number of carbonyl (C=O) groups is 3. The van der Waals surface area contributed by atoms with E-state index < -0.39 is 11.9 Å². The first kappa shape index (κ1) is 19.1. The van der Waals surface area contributed by atoms with Gasteiger partial charge in [0.15, 0.2) is 0 Å². The van der Waals surface area contributed by atoms with Gasteiger partial charge in [0.25, 0.3) is 5.91 Å². The van der Waals surface area contributed by atoms with Gasteiger partial charge in [-0.2, -0.15) is 0 Å². The van der Waals surface area contributed by atoms with Crippen molar-refractivity contribution in [3.05, 3.63) is 40.3 Å². The van der Waals surface area contributed by atoms with Crippen LogP contribution in [-0.4, -0.2) is 43.8 Å². The number of unbranched alkanes of at least 4 members (excludes halogenated alkanes) is 2. The molecule has 0 atom stereocenters. The summed E-state index contributed by atoms with van der Waals surface area (Å²) in [5.41, 5.74) is 0.582. The van der Waals surface area contributed by atoms with Crippen LogP contribution < -0.4 is 0 Å². The van der Waals surface area contributed by atoms with E-state index in [-0.39, 0.29) is 17.9 Å². The number of thioether (sulfide) groups is 1. The normalized spacial score (nSPS) is 15.8. The third-order valence-corrected chi connectivity index (χ3v) is 5.00. The first-order valence-corrected chi connectivity index (χ1v) is 8.92. The average molecular weight is 379 g/mol. The summed E-state index contributed by atoms with van der Waals surface area (Å²) >= 11 is 6.38. The number of benzene rings is 1. The Morgan fingerprint density at radius 2 is 1.88 bits per heavy atom. The first-order chi connectivity index (χ1) is 11.9. The highest BCUT2D eigenvalue weighted by molar-refractivity contribution is 8.26. The molecule has 1 aromatic rings. The van der Waals surface area contributed by atoms with Crippen LogP contribution in [0.2, 0.25) is 0 Å². The number of amides is 1. The van der Waals surface area contributed by atoms with Crippen molar-refractivity contribution in [3.63, 3.8) is 0 Å². The number of aromatic carboxylic acids is 1. The summed E-state index contributed by atoms with van der Waals surface area (Å²) in [7, 11) is 0. The molecule has 2 rings (SSSR count). The molecule has 6 nitrogen and oxygen atoms in total. The van der Waals surface area contributed by atoms with E-state index in [1.54, 1.807) is 24.3 Å². The molecule has 1 amide bonds. The molecule has 0 radical (unpaired) electrons. The summed E-state index contributed by atoms with van der Waals surface area (Å²) in [6.45, 7) is 0.433. The second-order valence-corrected chi connectivity index (χ2v) is 7.11. The molecule has 1 aliphatic rings. The van der Waals surface area contributed by atoms with Gasteiger partial charge in [0.1, 0.15) is 4.32 Å². The zero-order valence-electron chi connectivity index (χ0n) is 13.3. The van der Waals surface area contributed by atoms with E-state index in [4.69, 9.17) is 17.3 Å². The molecule has 1 aliphatic heterocycles. The maximum Gasteiger partial charge on any atom is 0.336 e. The van der Waals surface area contributed by atoms with Gasteiger partial charge in [-0.05, 0) is 30.5 Å². The predicted molar refractivity (Wildman–Crippen MR) is 99.4 cm³/mol. The van der Waals surface area contributed by atoms with Crippen molar-refractivity contribution in [2.45, 2.75) is 25.7 Å². The zero-order chi connectivity index (χ0) is 18.4. The minimum atomic E-state index is -1.05. The lowest BCUT2D eigenvalue weighted by Gasteiger charge is -2.13. The summed E-state index contributed by atoms with van der Waals surface area (Å²) in [6.07, 6.45) is 3.59. The number of carboxylic acid groups (broad SMARTS) is 2. The fraction of sp³-hybridized carbons (Fsp3) is 0.294. The molecule has 2 N–H and O–H groups in total. The maximum atomic E-state index is 12.5. The van der Waals surface area contributed by atoms with Crippen LogP contribution in [0.25, 0.3) is 6.08 Å². The largest absolute Gasteiger partial charge is 0.481 e. The standard InChI is InChI=1S/C17H17NO5S2/c19-14(20)8-2-1-5-9-18-15(21)13(25-17(18)24)10-11-6-3-4-7-12(11)16(22)23/h3-4,6-7,10H,1-2,5,8-9H2,(H,19,20)(H,22,23)/b13-10+. The predicted octanol–water partition coefficient (Wildman–Crippen LogP) is 3.23. The quantitative estimate of drug-likeness (QED) is 0.407. The van der Waals surface area contributed by atoms with E-state index in [9.17, 15) is 19.5 Å². The van der Waals surface area contributed by atoms with Gasteiger partial charge in [0.05, 0.1) is 10.5 Å². The van der Waals surface area contributed by atoms with Crippen molar-refractivity contribution >= 4 is 52.2 Å². The van der Waals surface area contributed by atoms with Crippen LogP contribution in [-0.2, 0) is 9.59 Å². The molecule has 0 aliphatic carbocycles. The van der Waals surface area contributed by atoms with E-state index in [0.29, 0.717) is 40.6 Å². The molecule has 0 aromatic heterocycles. The fourth-order valence-electron chi connectivity index (χ4n) is 2.37. The molecule has 0 saturated carbocycles. The monoisotopic (exact) mass is 379 g/mol. The summed E-state index contributed by atoms with van der Waals surface area (Å²) in [5, 5.41) is 17.8. The summed E-state index contributed by atoms with van der Waals surface area (Å²) in [4.78, 5) is 36.1. The Morgan fingerprint density at radius 3 is 2.56 bits per heavy atom. The fourth-order valence-corrected chi connectivity index (χ4v) is 3.67. The molecule has 0 bridgehead atoms. The van der Waals surface area contributed by atoms with Gasteiger partial charge in [-0.25, -0.2) is 4.79 Å². The van der Waals surface area contributed by atoms with Gasteiger partial charge < -0.3 is 10.2 Å². The molecule has 1 aromatic carbocycles. The number of hydrogen-bond acceptors (Lipinski definition) is 5. The third-order valence-electron chi connectivity index (χ3n) is 3.62. The lowest BCUT2D eigenvalue weighted by molar-refractivity contribution is -0.137. The Bertz CT molecular complexity index is 744. The molecule has 8 heteroatoms. The number of carboxylic acids is 2. The van der Waals surface area contributed by atoms with Gasteiger partial charge in [-0.3, -0.25) is 14.5 Å². The number of thiocarbonyl (C=S) groups is 1. The molecule has 0 spiro atoms. The van der Waals surface area contributed by atoms with Gasteiger partial charge in [-0.15, -0.1) is 0 Å². The van der Waals surface area contributed by atoms with Crippen molar-refractivity contribution < 1.29 is 24.6 Å². The van der Waals surface area contributed by atoms with E-state index in [1.807, 2.05) is 0 Å². The average Bonchev–Trinajstić information content (AvgIpc) is 2.81. The molecular weight excluding hydrogens is 362 g/mol. The zero-order valence-corrected chi connectivity index (χ0v) is 14.9. The van der Waals surface area contributed by atoms with E-state index in [1.165, 1.54) is 11.0 Å². The van der Waals surface area contributed by atoms with Crippen LogP contribution in [0.1, 0.15) is 41.6 Å².